The molecule has 1 saturated heterocycles. The molecule has 0 radical (unpaired) electrons. The summed E-state index contributed by atoms with van der Waals surface area (Å²) in [6.07, 6.45) is 0. The van der Waals surface area contributed by atoms with E-state index in [0.717, 1.165) is 18.7 Å². The first-order chi connectivity index (χ1) is 10.3. The minimum Gasteiger partial charge on any atom is -0.332 e. The maximum absolute atomic E-state index is 12.3. The SMILES string of the molecule is CN1CCN(C(=O)C(=O)Nc2ccccc2C(C)(C)C)CC1. The first-order valence-electron chi connectivity index (χ1n) is 7.67. The molecule has 1 aromatic rings. The van der Waals surface area contributed by atoms with E-state index in [0.29, 0.717) is 18.8 Å². The van der Waals surface area contributed by atoms with Crippen molar-refractivity contribution >= 4 is 17.5 Å². The van der Waals surface area contributed by atoms with Gasteiger partial charge in [0.15, 0.2) is 0 Å². The smallest absolute Gasteiger partial charge is 0.313 e. The summed E-state index contributed by atoms with van der Waals surface area (Å²) >= 11 is 0. The van der Waals surface area contributed by atoms with E-state index in [-0.39, 0.29) is 5.41 Å². The van der Waals surface area contributed by atoms with Crippen LogP contribution in [0, 0.1) is 0 Å². The molecule has 1 heterocycles. The average molecular weight is 303 g/mol. The lowest BCUT2D eigenvalue weighted by atomic mass is 9.86. The van der Waals surface area contributed by atoms with Crippen molar-refractivity contribution in [1.82, 2.24) is 9.80 Å². The molecule has 1 fully saturated rings. The maximum atomic E-state index is 12.3. The van der Waals surface area contributed by atoms with E-state index in [4.69, 9.17) is 0 Å². The van der Waals surface area contributed by atoms with Crippen LogP contribution >= 0.6 is 0 Å². The fourth-order valence-electron chi connectivity index (χ4n) is 2.58. The van der Waals surface area contributed by atoms with Crippen LogP contribution < -0.4 is 5.32 Å². The van der Waals surface area contributed by atoms with Gasteiger partial charge in [0.2, 0.25) is 0 Å². The number of hydrogen-bond acceptors (Lipinski definition) is 3. The number of nitrogens with one attached hydrogen (secondary N) is 1. The molecule has 1 aliphatic rings. The number of hydrogen-bond donors (Lipinski definition) is 1. The highest BCUT2D eigenvalue weighted by Gasteiger charge is 2.26. The van der Waals surface area contributed by atoms with Crippen molar-refractivity contribution in [2.24, 2.45) is 0 Å². The minimum absolute atomic E-state index is 0.0965. The Balaban J connectivity index is 2.08. The summed E-state index contributed by atoms with van der Waals surface area (Å²) in [7, 11) is 2.02. The molecule has 0 saturated carbocycles. The second-order valence-electron chi connectivity index (χ2n) is 6.85. The summed E-state index contributed by atoms with van der Waals surface area (Å²) in [5.74, 6) is -1.00. The topological polar surface area (TPSA) is 52.7 Å². The highest BCUT2D eigenvalue weighted by atomic mass is 16.2. The number of piperazine rings is 1. The van der Waals surface area contributed by atoms with Gasteiger partial charge in [-0.05, 0) is 24.1 Å². The van der Waals surface area contributed by atoms with E-state index in [9.17, 15) is 9.59 Å². The minimum atomic E-state index is -0.554. The molecular formula is C17H25N3O2. The molecule has 0 bridgehead atoms. The number of amides is 2. The summed E-state index contributed by atoms with van der Waals surface area (Å²) in [4.78, 5) is 28.3. The molecule has 5 heteroatoms. The van der Waals surface area contributed by atoms with E-state index in [1.54, 1.807) is 4.90 Å². The Morgan fingerprint density at radius 1 is 1.05 bits per heavy atom. The zero-order valence-corrected chi connectivity index (χ0v) is 13.8. The van der Waals surface area contributed by atoms with Gasteiger partial charge in [0.25, 0.3) is 0 Å². The molecule has 0 spiro atoms. The number of benzene rings is 1. The predicted molar refractivity (Wildman–Crippen MR) is 87.8 cm³/mol. The van der Waals surface area contributed by atoms with Crippen molar-refractivity contribution in [1.29, 1.82) is 0 Å². The van der Waals surface area contributed by atoms with E-state index in [2.05, 4.69) is 31.0 Å². The van der Waals surface area contributed by atoms with Gasteiger partial charge in [-0.1, -0.05) is 39.0 Å². The zero-order chi connectivity index (χ0) is 16.3. The van der Waals surface area contributed by atoms with Gasteiger partial charge in [0.1, 0.15) is 0 Å². The van der Waals surface area contributed by atoms with Crippen molar-refractivity contribution in [3.63, 3.8) is 0 Å². The predicted octanol–water partition coefficient (Wildman–Crippen LogP) is 1.70. The summed E-state index contributed by atoms with van der Waals surface area (Å²) in [5, 5.41) is 2.78. The zero-order valence-electron chi connectivity index (χ0n) is 13.8. The monoisotopic (exact) mass is 303 g/mol. The number of likely N-dealkylation sites (N-methyl/N-ethyl adjacent to an activating group) is 1. The van der Waals surface area contributed by atoms with Crippen molar-refractivity contribution in [3.8, 4) is 0 Å². The van der Waals surface area contributed by atoms with Gasteiger partial charge in [0.05, 0.1) is 0 Å². The fraction of sp³-hybridized carbons (Fsp3) is 0.529. The molecular weight excluding hydrogens is 278 g/mol. The van der Waals surface area contributed by atoms with Gasteiger partial charge in [-0.15, -0.1) is 0 Å². The quantitative estimate of drug-likeness (QED) is 0.803. The Kier molecular flexibility index (Phi) is 4.86. The maximum Gasteiger partial charge on any atom is 0.313 e. The number of para-hydroxylation sites is 1. The van der Waals surface area contributed by atoms with Crippen molar-refractivity contribution in [2.45, 2.75) is 26.2 Å². The van der Waals surface area contributed by atoms with Crippen LogP contribution in [-0.4, -0.2) is 54.8 Å². The van der Waals surface area contributed by atoms with E-state index in [1.165, 1.54) is 0 Å². The third kappa shape index (κ3) is 3.85. The van der Waals surface area contributed by atoms with Crippen LogP contribution in [0.25, 0.3) is 0 Å². The number of carbonyl (C=O) groups is 2. The molecule has 0 atom stereocenters. The largest absolute Gasteiger partial charge is 0.332 e. The molecule has 1 aliphatic heterocycles. The summed E-state index contributed by atoms with van der Waals surface area (Å²) in [5.41, 5.74) is 1.64. The Hall–Kier alpha value is -1.88. The Labute approximate surface area is 132 Å². The second kappa shape index (κ2) is 6.48. The molecule has 120 valence electrons. The van der Waals surface area contributed by atoms with Crippen molar-refractivity contribution in [2.75, 3.05) is 38.5 Å². The third-order valence-corrected chi connectivity index (χ3v) is 3.97. The molecule has 5 nitrogen and oxygen atoms in total. The summed E-state index contributed by atoms with van der Waals surface area (Å²) in [6, 6.07) is 7.63. The summed E-state index contributed by atoms with van der Waals surface area (Å²) < 4.78 is 0. The average Bonchev–Trinajstić information content (AvgIpc) is 2.46. The lowest BCUT2D eigenvalue weighted by molar-refractivity contribution is -0.144. The van der Waals surface area contributed by atoms with E-state index < -0.39 is 11.8 Å². The highest BCUT2D eigenvalue weighted by Crippen LogP contribution is 2.29. The van der Waals surface area contributed by atoms with Crippen LogP contribution in [0.1, 0.15) is 26.3 Å². The van der Waals surface area contributed by atoms with Crippen LogP contribution in [0.5, 0.6) is 0 Å². The third-order valence-electron chi connectivity index (χ3n) is 3.97. The van der Waals surface area contributed by atoms with Crippen LogP contribution in [0.4, 0.5) is 5.69 Å². The van der Waals surface area contributed by atoms with Gasteiger partial charge < -0.3 is 15.1 Å². The molecule has 22 heavy (non-hydrogen) atoms. The molecule has 0 aromatic heterocycles. The standard InChI is InChI=1S/C17H25N3O2/c1-17(2,3)13-7-5-6-8-14(13)18-15(21)16(22)20-11-9-19(4)10-12-20/h5-8H,9-12H2,1-4H3,(H,18,21). The van der Waals surface area contributed by atoms with Crippen LogP contribution in [-0.2, 0) is 15.0 Å². The molecule has 2 rings (SSSR count). The molecule has 2 amide bonds. The Morgan fingerprint density at radius 2 is 1.64 bits per heavy atom. The van der Waals surface area contributed by atoms with Gasteiger partial charge >= 0.3 is 11.8 Å². The molecule has 1 N–H and O–H groups in total. The highest BCUT2D eigenvalue weighted by molar-refractivity contribution is 6.39. The van der Waals surface area contributed by atoms with Crippen LogP contribution in [0.2, 0.25) is 0 Å². The first kappa shape index (κ1) is 16.5. The summed E-state index contributed by atoms with van der Waals surface area (Å²) in [6.45, 7) is 9.06. The first-order valence-corrected chi connectivity index (χ1v) is 7.67. The lowest BCUT2D eigenvalue weighted by Crippen LogP contribution is -2.50. The van der Waals surface area contributed by atoms with Crippen LogP contribution in [0.3, 0.4) is 0 Å². The van der Waals surface area contributed by atoms with Crippen LogP contribution in [0.15, 0.2) is 24.3 Å². The molecule has 0 unspecified atom stereocenters. The normalized spacial score (nSPS) is 16.5. The Bertz CT molecular complexity index is 555. The molecule has 1 aromatic carbocycles. The number of anilines is 1. The van der Waals surface area contributed by atoms with Gasteiger partial charge in [-0.25, -0.2) is 0 Å². The van der Waals surface area contributed by atoms with Gasteiger partial charge in [-0.3, -0.25) is 9.59 Å². The fourth-order valence-corrected chi connectivity index (χ4v) is 2.58. The lowest BCUT2D eigenvalue weighted by Gasteiger charge is -2.32. The molecule has 0 aliphatic carbocycles. The number of nitrogens with zero attached hydrogens (tertiary/aromatic N) is 2. The van der Waals surface area contributed by atoms with Crippen molar-refractivity contribution in [3.05, 3.63) is 29.8 Å². The number of rotatable bonds is 1. The van der Waals surface area contributed by atoms with E-state index >= 15 is 0 Å². The van der Waals surface area contributed by atoms with Gasteiger partial charge in [-0.2, -0.15) is 0 Å². The second-order valence-corrected chi connectivity index (χ2v) is 6.85. The van der Waals surface area contributed by atoms with E-state index in [1.807, 2.05) is 31.3 Å². The Morgan fingerprint density at radius 3 is 2.23 bits per heavy atom. The number of carbonyl (C=O) groups excluding carboxylic acids is 2. The van der Waals surface area contributed by atoms with Crippen molar-refractivity contribution < 1.29 is 9.59 Å². The van der Waals surface area contributed by atoms with Gasteiger partial charge in [0, 0.05) is 31.9 Å².